The van der Waals surface area contributed by atoms with Crippen molar-refractivity contribution in [3.63, 3.8) is 0 Å². The van der Waals surface area contributed by atoms with Crippen LogP contribution in [0.2, 0.25) is 0 Å². The number of aliphatic carboxylic acids is 2. The van der Waals surface area contributed by atoms with Crippen LogP contribution in [0.1, 0.15) is 41.0 Å². The molecule has 0 fully saturated rings. The normalized spacial score (nSPS) is 12.0. The first-order valence-corrected chi connectivity index (χ1v) is 12.9. The summed E-state index contributed by atoms with van der Waals surface area (Å²) in [6, 6.07) is 3.65. The molecule has 1 aromatic carbocycles. The van der Waals surface area contributed by atoms with Crippen LogP contribution in [-0.2, 0) is 9.59 Å². The van der Waals surface area contributed by atoms with E-state index in [9.17, 15) is 5.11 Å². The largest absolute Gasteiger partial charge is 0.539 e. The Hall–Kier alpha value is -3.26. The van der Waals surface area contributed by atoms with Gasteiger partial charge in [-0.05, 0) is 39.9 Å². The summed E-state index contributed by atoms with van der Waals surface area (Å²) < 4.78 is 16.9. The molecule has 13 nitrogen and oxygen atoms in total. The predicted octanol–water partition coefficient (Wildman–Crippen LogP) is -1.50. The lowest BCUT2D eigenvalue weighted by Gasteiger charge is -2.19. The summed E-state index contributed by atoms with van der Waals surface area (Å²) in [6.45, 7) is 15.4. The minimum Gasteiger partial charge on any atom is -0.539 e. The van der Waals surface area contributed by atoms with Crippen LogP contribution in [-0.4, -0.2) is 102 Å². The molecular weight excluding hydrogens is 510 g/mol. The van der Waals surface area contributed by atoms with E-state index in [-0.39, 0.29) is 12.1 Å². The maximum Gasteiger partial charge on any atom is 0.351 e. The Kier molecular flexibility index (Phi) is 14.4. The molecule has 1 heterocycles. The first-order valence-electron chi connectivity index (χ1n) is 12.9. The number of fused-ring (bicyclic) bond motifs is 1. The Morgan fingerprint density at radius 2 is 1.69 bits per heavy atom. The SMILES string of the molecule is CCN(CC)CCC[NH2+]c1nc(OCC(O)C[NH2+]C(C)(C)C)c2cc(OC)c(OC)cc2n1.O=C([O-])C(=O)O. The van der Waals surface area contributed by atoms with E-state index in [1.807, 2.05) is 17.4 Å². The Morgan fingerprint density at radius 1 is 1.10 bits per heavy atom. The number of hydrogen-bond donors (Lipinski definition) is 4. The van der Waals surface area contributed by atoms with Crippen LogP contribution in [0.4, 0.5) is 5.95 Å². The zero-order valence-electron chi connectivity index (χ0n) is 24.0. The summed E-state index contributed by atoms with van der Waals surface area (Å²) >= 11 is 0. The van der Waals surface area contributed by atoms with E-state index in [1.54, 1.807) is 14.2 Å². The fourth-order valence-corrected chi connectivity index (χ4v) is 3.46. The average molecular weight is 555 g/mol. The Morgan fingerprint density at radius 3 is 2.21 bits per heavy atom. The highest BCUT2D eigenvalue weighted by molar-refractivity contribution is 6.26. The maximum atomic E-state index is 10.4. The third kappa shape index (κ3) is 12.4. The molecule has 0 radical (unpaired) electrons. The molecule has 0 aliphatic heterocycles. The third-order valence-corrected chi connectivity index (χ3v) is 5.67. The lowest BCUT2D eigenvalue weighted by molar-refractivity contribution is -0.722. The standard InChI is InChI=1S/C24H41N5O4.C2H2O4/c1-8-29(9-2)12-10-11-25-23-27-19-14-21(32-7)20(31-6)13-18(19)22(28-23)33-16-17(30)15-26-24(3,4)5;3-1(4)2(5)6/h13-14,17,26,30H,8-12,15-16H2,1-7H3,(H,25,27,28);(H,3,4)(H,5,6)/p+1. The smallest absolute Gasteiger partial charge is 0.351 e. The topological polar surface area (TPSA) is 188 Å². The summed E-state index contributed by atoms with van der Waals surface area (Å²) in [6.07, 6.45) is 0.419. The number of carboxylic acid groups (broad SMARTS) is 2. The van der Waals surface area contributed by atoms with Gasteiger partial charge in [0.05, 0.1) is 37.2 Å². The quantitative estimate of drug-likeness (QED) is 0.157. The third-order valence-electron chi connectivity index (χ3n) is 5.67. The molecule has 1 unspecified atom stereocenters. The van der Waals surface area contributed by atoms with Gasteiger partial charge in [0.25, 0.3) is 0 Å². The zero-order valence-corrected chi connectivity index (χ0v) is 24.0. The van der Waals surface area contributed by atoms with E-state index in [1.165, 1.54) is 0 Å². The van der Waals surface area contributed by atoms with Crippen molar-refractivity contribution < 1.29 is 49.8 Å². The van der Waals surface area contributed by atoms with Gasteiger partial charge in [-0.2, -0.15) is 4.98 Å². The second-order valence-electron chi connectivity index (χ2n) is 9.85. The summed E-state index contributed by atoms with van der Waals surface area (Å²) in [5.41, 5.74) is 0.753. The monoisotopic (exact) mass is 554 g/mol. The highest BCUT2D eigenvalue weighted by Crippen LogP contribution is 2.35. The average Bonchev–Trinajstić information content (AvgIpc) is 2.89. The molecule has 6 N–H and O–H groups in total. The van der Waals surface area contributed by atoms with E-state index in [2.05, 4.69) is 49.8 Å². The number of rotatable bonds is 14. The highest BCUT2D eigenvalue weighted by Gasteiger charge is 2.19. The Balaban J connectivity index is 0.00000113. The van der Waals surface area contributed by atoms with Gasteiger partial charge >= 0.3 is 11.9 Å². The van der Waals surface area contributed by atoms with Gasteiger partial charge in [-0.15, -0.1) is 4.98 Å². The molecule has 0 bridgehead atoms. The summed E-state index contributed by atoms with van der Waals surface area (Å²) in [7, 11) is 3.19. The van der Waals surface area contributed by atoms with Gasteiger partial charge in [0.15, 0.2) is 17.5 Å². The number of quaternary nitrogens is 2. The molecule has 0 aliphatic carbocycles. The van der Waals surface area contributed by atoms with Gasteiger partial charge in [-0.1, -0.05) is 13.8 Å². The number of nitrogens with two attached hydrogens (primary N) is 2. The van der Waals surface area contributed by atoms with Crippen molar-refractivity contribution in [1.82, 2.24) is 14.9 Å². The molecule has 0 amide bonds. The molecule has 2 aromatic rings. The van der Waals surface area contributed by atoms with Crippen molar-refractivity contribution >= 4 is 28.8 Å². The van der Waals surface area contributed by atoms with Crippen LogP contribution < -0.4 is 30.0 Å². The van der Waals surface area contributed by atoms with E-state index in [0.29, 0.717) is 35.4 Å². The van der Waals surface area contributed by atoms with Crippen molar-refractivity contribution in [2.75, 3.05) is 53.6 Å². The lowest BCUT2D eigenvalue weighted by Crippen LogP contribution is -2.96. The molecule has 220 valence electrons. The number of benzene rings is 1. The molecule has 1 atom stereocenters. The van der Waals surface area contributed by atoms with Crippen LogP contribution in [0.3, 0.4) is 0 Å². The molecule has 1 aromatic heterocycles. The van der Waals surface area contributed by atoms with E-state index in [0.717, 1.165) is 38.0 Å². The Labute approximate surface area is 229 Å². The van der Waals surface area contributed by atoms with Gasteiger partial charge in [0.2, 0.25) is 5.88 Å². The number of aromatic nitrogens is 2. The van der Waals surface area contributed by atoms with Crippen LogP contribution in [0.5, 0.6) is 17.4 Å². The number of nitrogens with zero attached hydrogens (tertiary/aromatic N) is 3. The molecule has 0 saturated carbocycles. The molecule has 2 rings (SSSR count). The van der Waals surface area contributed by atoms with Crippen molar-refractivity contribution in [2.24, 2.45) is 0 Å². The highest BCUT2D eigenvalue weighted by atomic mass is 16.5. The number of hydrogen-bond acceptors (Lipinski definition) is 10. The van der Waals surface area contributed by atoms with E-state index >= 15 is 0 Å². The lowest BCUT2D eigenvalue weighted by atomic mass is 10.1. The van der Waals surface area contributed by atoms with Crippen LogP contribution in [0, 0.1) is 0 Å². The Bertz CT molecular complexity index is 1040. The number of ether oxygens (including phenoxy) is 3. The van der Waals surface area contributed by atoms with Gasteiger partial charge in [0.1, 0.15) is 19.3 Å². The molecule has 0 spiro atoms. The molecule has 0 saturated heterocycles. The molecule has 13 heteroatoms. The van der Waals surface area contributed by atoms with Gasteiger partial charge < -0.3 is 44.5 Å². The van der Waals surface area contributed by atoms with Gasteiger partial charge in [-0.3, -0.25) is 5.32 Å². The number of aliphatic hydroxyl groups is 1. The minimum atomic E-state index is -2.07. The summed E-state index contributed by atoms with van der Waals surface area (Å²) in [5.74, 6) is -1.78. The molecule has 0 aliphatic rings. The van der Waals surface area contributed by atoms with E-state index < -0.39 is 18.0 Å². The second kappa shape index (κ2) is 16.6. The van der Waals surface area contributed by atoms with Crippen molar-refractivity contribution in [3.05, 3.63) is 12.1 Å². The predicted molar refractivity (Wildman–Crippen MR) is 142 cm³/mol. The first kappa shape index (κ1) is 33.8. The zero-order chi connectivity index (χ0) is 29.6. The molecule has 39 heavy (non-hydrogen) atoms. The van der Waals surface area contributed by atoms with Crippen molar-refractivity contribution in [2.45, 2.75) is 52.7 Å². The second-order valence-corrected chi connectivity index (χ2v) is 9.85. The first-order chi connectivity index (χ1) is 18.3. The van der Waals surface area contributed by atoms with Crippen LogP contribution >= 0.6 is 0 Å². The number of aliphatic hydroxyl groups excluding tert-OH is 1. The fourth-order valence-electron chi connectivity index (χ4n) is 3.46. The molecular formula is C26H44N5O8+. The van der Waals surface area contributed by atoms with Crippen LogP contribution in [0.15, 0.2) is 12.1 Å². The van der Waals surface area contributed by atoms with Crippen LogP contribution in [0.25, 0.3) is 10.9 Å². The summed E-state index contributed by atoms with van der Waals surface area (Å²) in [5, 5.41) is 31.6. The van der Waals surface area contributed by atoms with Gasteiger partial charge in [0, 0.05) is 19.0 Å². The summed E-state index contributed by atoms with van der Waals surface area (Å²) in [4.78, 5) is 29.8. The minimum absolute atomic E-state index is 0.0414. The number of carbonyl (C=O) groups is 2. The van der Waals surface area contributed by atoms with Crippen molar-refractivity contribution in [3.8, 4) is 17.4 Å². The van der Waals surface area contributed by atoms with Crippen molar-refractivity contribution in [1.29, 1.82) is 0 Å². The van der Waals surface area contributed by atoms with E-state index in [4.69, 9.17) is 39.0 Å². The maximum absolute atomic E-state index is 10.4. The fraction of sp³-hybridized carbons (Fsp3) is 0.615. The number of methoxy groups -OCH3 is 2. The van der Waals surface area contributed by atoms with Gasteiger partial charge in [-0.25, -0.2) is 4.79 Å². The number of carboxylic acids is 2. The number of carbonyl (C=O) groups excluding carboxylic acids is 1.